The van der Waals surface area contributed by atoms with E-state index in [-0.39, 0.29) is 5.57 Å². The molecule has 1 aliphatic heterocycles. The number of amides is 4. The quantitative estimate of drug-likeness (QED) is 0.440. The number of nitrogens with zero attached hydrogens (tertiary/aromatic N) is 2. The third-order valence-electron chi connectivity index (χ3n) is 3.49. The summed E-state index contributed by atoms with van der Waals surface area (Å²) < 4.78 is 0. The van der Waals surface area contributed by atoms with Crippen molar-refractivity contribution in [1.82, 2.24) is 15.1 Å². The predicted octanol–water partition coefficient (Wildman–Crippen LogP) is 1.63. The second-order valence-electron chi connectivity index (χ2n) is 4.97. The number of barbiturate groups is 1. The van der Waals surface area contributed by atoms with Crippen molar-refractivity contribution in [3.8, 4) is 0 Å². The van der Waals surface area contributed by atoms with Gasteiger partial charge in [0, 0.05) is 13.6 Å². The Labute approximate surface area is 136 Å². The van der Waals surface area contributed by atoms with E-state index in [1.54, 1.807) is 12.2 Å². The van der Waals surface area contributed by atoms with Gasteiger partial charge in [0.15, 0.2) is 0 Å². The molecule has 0 aromatic heterocycles. The van der Waals surface area contributed by atoms with E-state index in [0.717, 1.165) is 24.5 Å². The van der Waals surface area contributed by atoms with Gasteiger partial charge in [-0.3, -0.25) is 19.8 Å². The maximum absolute atomic E-state index is 12.1. The molecule has 6 nitrogen and oxygen atoms in total. The first-order valence-electron chi connectivity index (χ1n) is 7.51. The molecule has 0 unspecified atom stereocenters. The molecule has 0 aliphatic carbocycles. The summed E-state index contributed by atoms with van der Waals surface area (Å²) >= 11 is 0. The molecule has 4 amide bonds. The van der Waals surface area contributed by atoms with Crippen LogP contribution in [0.15, 0.2) is 48.1 Å². The molecule has 0 bridgehead atoms. The molecule has 0 spiro atoms. The highest BCUT2D eigenvalue weighted by Gasteiger charge is 2.32. The number of nitrogens with one attached hydrogen (secondary N) is 1. The molecule has 1 rings (SSSR count). The minimum Gasteiger partial charge on any atom is -0.300 e. The molecule has 0 aromatic rings. The normalized spacial score (nSPS) is 18.3. The van der Waals surface area contributed by atoms with Gasteiger partial charge in [-0.25, -0.2) is 4.79 Å². The molecule has 1 aliphatic rings. The number of hydrogen-bond donors (Lipinski definition) is 1. The maximum Gasteiger partial charge on any atom is 0.331 e. The van der Waals surface area contributed by atoms with E-state index in [1.807, 2.05) is 12.2 Å². The molecule has 1 fully saturated rings. The predicted molar refractivity (Wildman–Crippen MR) is 89.6 cm³/mol. The highest BCUT2D eigenvalue weighted by molar-refractivity contribution is 6.28. The lowest BCUT2D eigenvalue weighted by atomic mass is 10.1. The van der Waals surface area contributed by atoms with Gasteiger partial charge in [0.2, 0.25) is 0 Å². The Morgan fingerprint density at radius 3 is 2.48 bits per heavy atom. The van der Waals surface area contributed by atoms with Crippen LogP contribution in [0.2, 0.25) is 0 Å². The van der Waals surface area contributed by atoms with Crippen LogP contribution in [0.25, 0.3) is 0 Å². The first kappa shape index (κ1) is 18.6. The van der Waals surface area contributed by atoms with Gasteiger partial charge in [0.05, 0.1) is 0 Å². The van der Waals surface area contributed by atoms with Crippen LogP contribution in [0.4, 0.5) is 4.79 Å². The lowest BCUT2D eigenvalue weighted by Gasteiger charge is -2.22. The Morgan fingerprint density at radius 2 is 1.91 bits per heavy atom. The maximum atomic E-state index is 12.1. The van der Waals surface area contributed by atoms with Gasteiger partial charge >= 0.3 is 6.03 Å². The molecule has 6 heteroatoms. The van der Waals surface area contributed by atoms with Gasteiger partial charge in [0.1, 0.15) is 5.57 Å². The van der Waals surface area contributed by atoms with Crippen molar-refractivity contribution in [2.75, 3.05) is 26.7 Å². The molecule has 1 heterocycles. The topological polar surface area (TPSA) is 69.7 Å². The van der Waals surface area contributed by atoms with E-state index in [4.69, 9.17) is 0 Å². The van der Waals surface area contributed by atoms with Crippen LogP contribution in [-0.4, -0.2) is 54.3 Å². The van der Waals surface area contributed by atoms with Crippen molar-refractivity contribution in [3.05, 3.63) is 48.1 Å². The zero-order chi connectivity index (χ0) is 17.4. The fourth-order valence-electron chi connectivity index (χ4n) is 2.02. The van der Waals surface area contributed by atoms with Gasteiger partial charge < -0.3 is 4.90 Å². The summed E-state index contributed by atoms with van der Waals surface area (Å²) in [6, 6.07) is -0.719. The van der Waals surface area contributed by atoms with Crippen LogP contribution in [0.1, 0.15) is 13.8 Å². The highest BCUT2D eigenvalue weighted by atomic mass is 16.2. The summed E-state index contributed by atoms with van der Waals surface area (Å²) in [7, 11) is 1.32. The Hall–Kier alpha value is -2.47. The Morgan fingerprint density at radius 1 is 1.26 bits per heavy atom. The van der Waals surface area contributed by atoms with E-state index < -0.39 is 17.8 Å². The zero-order valence-corrected chi connectivity index (χ0v) is 13.8. The number of carbonyl (C=O) groups is 3. The van der Waals surface area contributed by atoms with Crippen LogP contribution >= 0.6 is 0 Å². The number of likely N-dealkylation sites (N-methyl/N-ethyl adjacent to an activating group) is 2. The number of imide groups is 2. The van der Waals surface area contributed by atoms with E-state index >= 15 is 0 Å². The van der Waals surface area contributed by atoms with E-state index in [0.29, 0.717) is 5.57 Å². The summed E-state index contributed by atoms with van der Waals surface area (Å²) in [5.74, 6) is -1.31. The van der Waals surface area contributed by atoms with Crippen LogP contribution < -0.4 is 5.32 Å². The van der Waals surface area contributed by atoms with Crippen molar-refractivity contribution in [3.63, 3.8) is 0 Å². The number of allylic oxidation sites excluding steroid dienone is 5. The van der Waals surface area contributed by atoms with E-state index in [1.165, 1.54) is 13.1 Å². The molecular weight excluding hydrogens is 294 g/mol. The minimum absolute atomic E-state index is 0.0762. The first-order chi connectivity index (χ1) is 10.9. The molecule has 23 heavy (non-hydrogen) atoms. The standard InChI is InChI=1S/C17H23N3O3/c1-5-9-13(10-8-11-20(6-2)7-3)12-14-15(21)18-17(23)19(4)16(14)22/h5,8-10,12H,1,6-7,11H2,2-4H3,(H,18,21,23)/b10-8+,13-9-,14-12-. The number of carbonyl (C=O) groups excluding carboxylic acids is 3. The number of rotatable bonds is 7. The lowest BCUT2D eigenvalue weighted by Crippen LogP contribution is -2.52. The van der Waals surface area contributed by atoms with Crippen LogP contribution in [0.3, 0.4) is 0 Å². The molecule has 0 atom stereocenters. The van der Waals surface area contributed by atoms with Gasteiger partial charge in [-0.2, -0.15) is 0 Å². The Bertz CT molecular complexity index is 584. The smallest absolute Gasteiger partial charge is 0.300 e. The van der Waals surface area contributed by atoms with Crippen molar-refractivity contribution in [2.24, 2.45) is 0 Å². The molecule has 0 aromatic carbocycles. The van der Waals surface area contributed by atoms with Crippen molar-refractivity contribution in [2.45, 2.75) is 13.8 Å². The third kappa shape index (κ3) is 5.03. The molecule has 124 valence electrons. The average molecular weight is 317 g/mol. The molecule has 0 radical (unpaired) electrons. The fraction of sp³-hybridized carbons (Fsp3) is 0.353. The SMILES string of the molecule is C=C/C=C(\C=C1\C(=O)NC(=O)N(C)C1=O)/C=C/CN(CC)CC. The van der Waals surface area contributed by atoms with Crippen molar-refractivity contribution in [1.29, 1.82) is 0 Å². The third-order valence-corrected chi connectivity index (χ3v) is 3.49. The summed E-state index contributed by atoms with van der Waals surface area (Å²) in [5.41, 5.74) is 0.584. The van der Waals surface area contributed by atoms with E-state index in [9.17, 15) is 14.4 Å². The Balaban J connectivity index is 2.98. The zero-order valence-electron chi connectivity index (χ0n) is 13.8. The highest BCUT2D eigenvalue weighted by Crippen LogP contribution is 2.12. The minimum atomic E-state index is -0.719. The summed E-state index contributed by atoms with van der Waals surface area (Å²) in [6.07, 6.45) is 8.52. The van der Waals surface area contributed by atoms with Gasteiger partial charge in [-0.15, -0.1) is 0 Å². The van der Waals surface area contributed by atoms with Crippen molar-refractivity contribution < 1.29 is 14.4 Å². The average Bonchev–Trinajstić information content (AvgIpc) is 2.53. The molecule has 1 N–H and O–H groups in total. The van der Waals surface area contributed by atoms with Crippen LogP contribution in [-0.2, 0) is 9.59 Å². The summed E-state index contributed by atoms with van der Waals surface area (Å²) in [5, 5.41) is 2.12. The number of urea groups is 1. The lowest BCUT2D eigenvalue weighted by molar-refractivity contribution is -0.129. The largest absolute Gasteiger partial charge is 0.331 e. The van der Waals surface area contributed by atoms with Crippen molar-refractivity contribution >= 4 is 17.8 Å². The first-order valence-corrected chi connectivity index (χ1v) is 7.51. The molecule has 0 saturated carbocycles. The number of hydrogen-bond acceptors (Lipinski definition) is 4. The molecule has 1 saturated heterocycles. The monoisotopic (exact) mass is 317 g/mol. The summed E-state index contributed by atoms with van der Waals surface area (Å²) in [6.45, 7) is 10.4. The molecular formula is C17H23N3O3. The van der Waals surface area contributed by atoms with Gasteiger partial charge in [-0.05, 0) is 24.7 Å². The van der Waals surface area contributed by atoms with Gasteiger partial charge in [0.25, 0.3) is 11.8 Å². The van der Waals surface area contributed by atoms with E-state index in [2.05, 4.69) is 30.6 Å². The fourth-order valence-corrected chi connectivity index (χ4v) is 2.02. The summed E-state index contributed by atoms with van der Waals surface area (Å²) in [4.78, 5) is 38.4. The second kappa shape index (κ2) is 8.85. The second-order valence-corrected chi connectivity index (χ2v) is 4.97. The van der Waals surface area contributed by atoms with Gasteiger partial charge in [-0.1, -0.05) is 44.7 Å². The van der Waals surface area contributed by atoms with Crippen LogP contribution in [0, 0.1) is 0 Å². The van der Waals surface area contributed by atoms with Crippen LogP contribution in [0.5, 0.6) is 0 Å². The Kier molecular flexibility index (Phi) is 7.15.